The van der Waals surface area contributed by atoms with Crippen molar-refractivity contribution in [2.45, 2.75) is 13.0 Å². The van der Waals surface area contributed by atoms with Gasteiger partial charge in [-0.15, -0.1) is 0 Å². The lowest BCUT2D eigenvalue weighted by molar-refractivity contribution is 0.0696. The second kappa shape index (κ2) is 4.58. The van der Waals surface area contributed by atoms with Gasteiger partial charge < -0.3 is 10.0 Å². The van der Waals surface area contributed by atoms with Crippen LogP contribution >= 0.6 is 15.9 Å². The number of aromatic nitrogens is 1. The standard InChI is InChI=1S/C14H13BrN2O2/c1-17-6-5-10-8(7-17)12(14(18)19)13-9(15)3-2-4-11(13)16-10/h2-4H,5-7H2,1H3,(H,18,19). The highest BCUT2D eigenvalue weighted by Crippen LogP contribution is 2.32. The molecular formula is C14H13BrN2O2. The fourth-order valence-electron chi connectivity index (χ4n) is 2.62. The summed E-state index contributed by atoms with van der Waals surface area (Å²) in [5.41, 5.74) is 2.90. The molecule has 0 spiro atoms. The number of carbonyl (C=O) groups is 1. The van der Waals surface area contributed by atoms with E-state index in [9.17, 15) is 9.90 Å². The van der Waals surface area contributed by atoms with E-state index in [1.165, 1.54) is 0 Å². The van der Waals surface area contributed by atoms with E-state index < -0.39 is 5.97 Å². The van der Waals surface area contributed by atoms with E-state index in [4.69, 9.17) is 0 Å². The van der Waals surface area contributed by atoms with Crippen molar-refractivity contribution >= 4 is 32.8 Å². The van der Waals surface area contributed by atoms with Gasteiger partial charge in [-0.25, -0.2) is 4.79 Å². The van der Waals surface area contributed by atoms with Crippen molar-refractivity contribution in [1.82, 2.24) is 9.88 Å². The maximum Gasteiger partial charge on any atom is 0.336 e. The number of aromatic carboxylic acids is 1. The maximum atomic E-state index is 11.7. The minimum absolute atomic E-state index is 0.388. The largest absolute Gasteiger partial charge is 0.478 e. The summed E-state index contributed by atoms with van der Waals surface area (Å²) in [7, 11) is 2.00. The number of carboxylic acid groups (broad SMARTS) is 1. The summed E-state index contributed by atoms with van der Waals surface area (Å²) in [6.07, 6.45) is 0.800. The van der Waals surface area contributed by atoms with Gasteiger partial charge >= 0.3 is 5.97 Å². The van der Waals surface area contributed by atoms with Crippen LogP contribution in [0.3, 0.4) is 0 Å². The van der Waals surface area contributed by atoms with Gasteiger partial charge in [0.2, 0.25) is 0 Å². The first-order valence-electron chi connectivity index (χ1n) is 6.09. The van der Waals surface area contributed by atoms with E-state index in [0.717, 1.165) is 34.2 Å². The zero-order valence-corrected chi connectivity index (χ0v) is 12.1. The van der Waals surface area contributed by atoms with Crippen molar-refractivity contribution in [2.75, 3.05) is 13.6 Å². The summed E-state index contributed by atoms with van der Waals surface area (Å²) in [6.45, 7) is 1.56. The molecule has 0 unspecified atom stereocenters. The monoisotopic (exact) mass is 320 g/mol. The number of likely N-dealkylation sites (N-methyl/N-ethyl adjacent to an activating group) is 1. The lowest BCUT2D eigenvalue weighted by atomic mass is 9.96. The van der Waals surface area contributed by atoms with Crippen LogP contribution in [0.1, 0.15) is 21.6 Å². The van der Waals surface area contributed by atoms with Crippen LogP contribution in [-0.2, 0) is 13.0 Å². The van der Waals surface area contributed by atoms with Gasteiger partial charge in [0.05, 0.1) is 11.1 Å². The van der Waals surface area contributed by atoms with E-state index >= 15 is 0 Å². The zero-order chi connectivity index (χ0) is 13.6. The molecule has 0 saturated heterocycles. The molecule has 1 N–H and O–H groups in total. The summed E-state index contributed by atoms with van der Waals surface area (Å²) >= 11 is 3.44. The molecule has 4 nitrogen and oxygen atoms in total. The number of benzene rings is 1. The number of hydrogen-bond acceptors (Lipinski definition) is 3. The molecule has 1 aliphatic rings. The van der Waals surface area contributed by atoms with Gasteiger partial charge in [0.25, 0.3) is 0 Å². The Bertz CT molecular complexity index is 685. The predicted octanol–water partition coefficient (Wildman–Crippen LogP) is 2.68. The highest BCUT2D eigenvalue weighted by Gasteiger charge is 2.25. The lowest BCUT2D eigenvalue weighted by Gasteiger charge is -2.26. The van der Waals surface area contributed by atoms with Gasteiger partial charge in [-0.3, -0.25) is 4.98 Å². The van der Waals surface area contributed by atoms with Crippen LogP contribution in [0.15, 0.2) is 22.7 Å². The summed E-state index contributed by atoms with van der Waals surface area (Å²) < 4.78 is 0.783. The number of fused-ring (bicyclic) bond motifs is 2. The van der Waals surface area contributed by atoms with Gasteiger partial charge in [-0.05, 0) is 19.2 Å². The first-order chi connectivity index (χ1) is 9.08. The molecule has 0 fully saturated rings. The van der Waals surface area contributed by atoms with Gasteiger partial charge in [-0.1, -0.05) is 22.0 Å². The topological polar surface area (TPSA) is 53.4 Å². The second-order valence-corrected chi connectivity index (χ2v) is 5.69. The van der Waals surface area contributed by atoms with Crippen LogP contribution in [-0.4, -0.2) is 34.6 Å². The molecule has 0 aliphatic carbocycles. The number of rotatable bonds is 1. The van der Waals surface area contributed by atoms with Crippen molar-refractivity contribution in [2.24, 2.45) is 0 Å². The van der Waals surface area contributed by atoms with Gasteiger partial charge in [0, 0.05) is 40.6 Å². The zero-order valence-electron chi connectivity index (χ0n) is 10.5. The Kier molecular flexibility index (Phi) is 3.03. The highest BCUT2D eigenvalue weighted by atomic mass is 79.9. The molecule has 2 heterocycles. The second-order valence-electron chi connectivity index (χ2n) is 4.84. The molecular weight excluding hydrogens is 308 g/mol. The third-order valence-corrected chi connectivity index (χ3v) is 4.18. The van der Waals surface area contributed by atoms with Crippen LogP contribution in [0.5, 0.6) is 0 Å². The Hall–Kier alpha value is -1.46. The normalized spacial score (nSPS) is 15.5. The highest BCUT2D eigenvalue weighted by molar-refractivity contribution is 9.10. The van der Waals surface area contributed by atoms with Gasteiger partial charge in [0.15, 0.2) is 0 Å². The Morgan fingerprint density at radius 3 is 3.00 bits per heavy atom. The molecule has 3 rings (SSSR count). The molecule has 0 atom stereocenters. The third kappa shape index (κ3) is 2.03. The molecule has 0 amide bonds. The van der Waals surface area contributed by atoms with E-state index in [1.807, 2.05) is 25.2 Å². The molecule has 0 radical (unpaired) electrons. The van der Waals surface area contributed by atoms with Crippen molar-refractivity contribution in [3.8, 4) is 0 Å². The van der Waals surface area contributed by atoms with E-state index in [0.29, 0.717) is 17.5 Å². The van der Waals surface area contributed by atoms with Crippen LogP contribution in [0.25, 0.3) is 10.9 Å². The molecule has 5 heteroatoms. The Morgan fingerprint density at radius 1 is 1.47 bits per heavy atom. The van der Waals surface area contributed by atoms with E-state index in [-0.39, 0.29) is 0 Å². The Labute approximate surface area is 119 Å². The summed E-state index contributed by atoms with van der Waals surface area (Å²) in [6, 6.07) is 5.60. The first-order valence-corrected chi connectivity index (χ1v) is 6.89. The fourth-order valence-corrected chi connectivity index (χ4v) is 3.17. The Balaban J connectivity index is 2.41. The number of hydrogen-bond donors (Lipinski definition) is 1. The quantitative estimate of drug-likeness (QED) is 0.877. The number of pyridine rings is 1. The molecule has 19 heavy (non-hydrogen) atoms. The van der Waals surface area contributed by atoms with E-state index in [2.05, 4.69) is 25.8 Å². The summed E-state index contributed by atoms with van der Waals surface area (Å²) in [5.74, 6) is -0.883. The molecule has 98 valence electrons. The van der Waals surface area contributed by atoms with Crippen molar-refractivity contribution in [1.29, 1.82) is 0 Å². The number of carboxylic acids is 1. The first kappa shape index (κ1) is 12.6. The SMILES string of the molecule is CN1CCc2nc3cccc(Br)c3c(C(=O)O)c2C1. The third-order valence-electron chi connectivity index (χ3n) is 3.52. The van der Waals surface area contributed by atoms with Crippen LogP contribution in [0.2, 0.25) is 0 Å². The van der Waals surface area contributed by atoms with Gasteiger partial charge in [0.1, 0.15) is 0 Å². The van der Waals surface area contributed by atoms with Crippen molar-refractivity contribution < 1.29 is 9.90 Å². The maximum absolute atomic E-state index is 11.7. The predicted molar refractivity (Wildman–Crippen MR) is 76.4 cm³/mol. The average Bonchev–Trinajstić information content (AvgIpc) is 2.36. The smallest absolute Gasteiger partial charge is 0.336 e. The lowest BCUT2D eigenvalue weighted by Crippen LogP contribution is -2.29. The minimum atomic E-state index is -0.883. The number of nitrogens with zero attached hydrogens (tertiary/aromatic N) is 2. The van der Waals surface area contributed by atoms with Crippen molar-refractivity contribution in [3.63, 3.8) is 0 Å². The summed E-state index contributed by atoms with van der Waals surface area (Å²) in [5, 5.41) is 10.3. The summed E-state index contributed by atoms with van der Waals surface area (Å²) in [4.78, 5) is 18.4. The van der Waals surface area contributed by atoms with Crippen molar-refractivity contribution in [3.05, 3.63) is 39.5 Å². The van der Waals surface area contributed by atoms with Crippen LogP contribution in [0.4, 0.5) is 0 Å². The van der Waals surface area contributed by atoms with Crippen LogP contribution < -0.4 is 0 Å². The molecule has 2 aromatic rings. The molecule has 1 aromatic carbocycles. The van der Waals surface area contributed by atoms with E-state index in [1.54, 1.807) is 0 Å². The molecule has 1 aliphatic heterocycles. The average molecular weight is 321 g/mol. The fraction of sp³-hybridized carbons (Fsp3) is 0.286. The minimum Gasteiger partial charge on any atom is -0.478 e. The van der Waals surface area contributed by atoms with Gasteiger partial charge in [-0.2, -0.15) is 0 Å². The number of halogens is 1. The molecule has 0 saturated carbocycles. The molecule has 0 bridgehead atoms. The Morgan fingerprint density at radius 2 is 2.26 bits per heavy atom. The van der Waals surface area contributed by atoms with Crippen LogP contribution in [0, 0.1) is 0 Å². The molecule has 1 aromatic heterocycles.